The van der Waals surface area contributed by atoms with Gasteiger partial charge in [0, 0.05) is 58.1 Å². The van der Waals surface area contributed by atoms with E-state index in [1.54, 1.807) is 7.11 Å². The number of hydrogen-bond donors (Lipinski definition) is 0. The molecule has 0 aliphatic carbocycles. The largest absolute Gasteiger partial charge is 0.384 e. The number of likely N-dealkylation sites (tertiary alicyclic amines) is 1. The molecule has 1 amide bonds. The third kappa shape index (κ3) is 4.28. The summed E-state index contributed by atoms with van der Waals surface area (Å²) in [4.78, 5) is 19.3. The number of anilines is 1. The van der Waals surface area contributed by atoms with Crippen molar-refractivity contribution >= 4 is 11.6 Å². The third-order valence-corrected chi connectivity index (χ3v) is 5.22. The number of piperazine rings is 1. The van der Waals surface area contributed by atoms with Crippen LogP contribution >= 0.6 is 0 Å². The number of benzene rings is 1. The Kier molecular flexibility index (Phi) is 6.10. The molecule has 0 N–H and O–H groups in total. The lowest BCUT2D eigenvalue weighted by atomic mass is 10.0. The molecule has 2 aliphatic rings. The van der Waals surface area contributed by atoms with E-state index in [-0.39, 0.29) is 5.91 Å². The van der Waals surface area contributed by atoms with Crippen molar-refractivity contribution in [1.82, 2.24) is 9.80 Å². The van der Waals surface area contributed by atoms with Crippen molar-refractivity contribution < 1.29 is 9.53 Å². The Balaban J connectivity index is 1.50. The van der Waals surface area contributed by atoms with Crippen LogP contribution in [0.3, 0.4) is 0 Å². The van der Waals surface area contributed by atoms with Crippen LogP contribution in [-0.2, 0) is 9.53 Å². The van der Waals surface area contributed by atoms with Gasteiger partial charge in [0.1, 0.15) is 0 Å². The first-order valence-electron chi connectivity index (χ1n) is 9.08. The first-order valence-corrected chi connectivity index (χ1v) is 9.08. The number of piperidine rings is 1. The third-order valence-electron chi connectivity index (χ3n) is 5.22. The van der Waals surface area contributed by atoms with Crippen molar-refractivity contribution in [1.29, 1.82) is 0 Å². The van der Waals surface area contributed by atoms with Crippen LogP contribution in [0, 0.1) is 0 Å². The standard InChI is InChI=1S/C19H29N3O2/c1-24-15-9-19(23)22-10-5-8-18(16-22)21-13-11-20(12-14-21)17-6-3-2-4-7-17/h2-4,6-7,18H,5,8-16H2,1H3/t18-/m0/s1. The molecule has 5 heteroatoms. The van der Waals surface area contributed by atoms with Crippen LogP contribution < -0.4 is 4.90 Å². The predicted octanol–water partition coefficient (Wildman–Crippen LogP) is 1.84. The van der Waals surface area contributed by atoms with Gasteiger partial charge < -0.3 is 14.5 Å². The summed E-state index contributed by atoms with van der Waals surface area (Å²) in [5.41, 5.74) is 1.32. The summed E-state index contributed by atoms with van der Waals surface area (Å²) in [5.74, 6) is 0.240. The Morgan fingerprint density at radius 1 is 1.12 bits per heavy atom. The van der Waals surface area contributed by atoms with Gasteiger partial charge in [0.05, 0.1) is 13.0 Å². The van der Waals surface area contributed by atoms with Crippen LogP contribution in [0.15, 0.2) is 30.3 Å². The number of ether oxygens (including phenoxy) is 1. The number of hydrogen-bond acceptors (Lipinski definition) is 4. The maximum absolute atomic E-state index is 12.2. The van der Waals surface area contributed by atoms with Gasteiger partial charge in [-0.2, -0.15) is 0 Å². The van der Waals surface area contributed by atoms with Crippen LogP contribution in [0.2, 0.25) is 0 Å². The molecule has 1 atom stereocenters. The number of carbonyl (C=O) groups excluding carboxylic acids is 1. The second kappa shape index (κ2) is 8.49. The van der Waals surface area contributed by atoms with Crippen molar-refractivity contribution in [3.63, 3.8) is 0 Å². The van der Waals surface area contributed by atoms with E-state index >= 15 is 0 Å². The Hall–Kier alpha value is -1.59. The molecule has 0 unspecified atom stereocenters. The number of nitrogens with zero attached hydrogens (tertiary/aromatic N) is 3. The molecular weight excluding hydrogens is 302 g/mol. The fourth-order valence-electron chi connectivity index (χ4n) is 3.81. The van der Waals surface area contributed by atoms with Gasteiger partial charge in [-0.1, -0.05) is 18.2 Å². The van der Waals surface area contributed by atoms with E-state index in [9.17, 15) is 4.79 Å². The summed E-state index contributed by atoms with van der Waals surface area (Å²) in [7, 11) is 1.65. The van der Waals surface area contributed by atoms with Gasteiger partial charge >= 0.3 is 0 Å². The van der Waals surface area contributed by atoms with E-state index in [0.29, 0.717) is 19.1 Å². The molecule has 0 spiro atoms. The molecule has 0 aromatic heterocycles. The number of para-hydroxylation sites is 1. The highest BCUT2D eigenvalue weighted by molar-refractivity contribution is 5.76. The summed E-state index contributed by atoms with van der Waals surface area (Å²) in [6.45, 7) is 6.61. The SMILES string of the molecule is COCCC(=O)N1CCC[C@H](N2CCN(c3ccccc3)CC2)C1. The van der Waals surface area contributed by atoms with Crippen LogP contribution in [0.4, 0.5) is 5.69 Å². The molecule has 24 heavy (non-hydrogen) atoms. The van der Waals surface area contributed by atoms with Gasteiger partial charge in [0.15, 0.2) is 0 Å². The summed E-state index contributed by atoms with van der Waals surface area (Å²) >= 11 is 0. The zero-order valence-electron chi connectivity index (χ0n) is 14.7. The molecule has 1 aromatic rings. The highest BCUT2D eigenvalue weighted by Crippen LogP contribution is 2.21. The molecule has 5 nitrogen and oxygen atoms in total. The fourth-order valence-corrected chi connectivity index (χ4v) is 3.81. The molecule has 2 aliphatic heterocycles. The summed E-state index contributed by atoms with van der Waals surface area (Å²) in [5, 5.41) is 0. The van der Waals surface area contributed by atoms with E-state index in [2.05, 4.69) is 40.1 Å². The highest BCUT2D eigenvalue weighted by Gasteiger charge is 2.29. The first kappa shape index (κ1) is 17.2. The molecule has 132 valence electrons. The second-order valence-electron chi connectivity index (χ2n) is 6.74. The minimum absolute atomic E-state index is 0.240. The fraction of sp³-hybridized carbons (Fsp3) is 0.632. The van der Waals surface area contributed by atoms with Crippen molar-refractivity contribution in [2.75, 3.05) is 57.9 Å². The second-order valence-corrected chi connectivity index (χ2v) is 6.74. The van der Waals surface area contributed by atoms with E-state index in [4.69, 9.17) is 4.74 Å². The molecule has 1 aromatic carbocycles. The van der Waals surface area contributed by atoms with Crippen LogP contribution in [0.5, 0.6) is 0 Å². The Labute approximate surface area is 145 Å². The van der Waals surface area contributed by atoms with E-state index in [0.717, 1.165) is 45.7 Å². The van der Waals surface area contributed by atoms with Crippen molar-refractivity contribution in [3.8, 4) is 0 Å². The van der Waals surface area contributed by atoms with Gasteiger partial charge in [-0.05, 0) is 25.0 Å². The van der Waals surface area contributed by atoms with Gasteiger partial charge in [-0.3, -0.25) is 9.69 Å². The van der Waals surface area contributed by atoms with E-state index < -0.39 is 0 Å². The van der Waals surface area contributed by atoms with Crippen LogP contribution in [-0.4, -0.2) is 74.7 Å². The van der Waals surface area contributed by atoms with E-state index in [1.807, 2.05) is 4.90 Å². The number of methoxy groups -OCH3 is 1. The summed E-state index contributed by atoms with van der Waals surface area (Å²) < 4.78 is 5.04. The van der Waals surface area contributed by atoms with Crippen LogP contribution in [0.1, 0.15) is 19.3 Å². The maximum Gasteiger partial charge on any atom is 0.224 e. The maximum atomic E-state index is 12.2. The monoisotopic (exact) mass is 331 g/mol. The molecule has 0 bridgehead atoms. The van der Waals surface area contributed by atoms with Crippen molar-refractivity contribution in [3.05, 3.63) is 30.3 Å². The minimum atomic E-state index is 0.240. The van der Waals surface area contributed by atoms with Gasteiger partial charge in [0.2, 0.25) is 5.91 Å². The number of rotatable bonds is 5. The van der Waals surface area contributed by atoms with Gasteiger partial charge in [-0.15, -0.1) is 0 Å². The average molecular weight is 331 g/mol. The lowest BCUT2D eigenvalue weighted by molar-refractivity contribution is -0.134. The summed E-state index contributed by atoms with van der Waals surface area (Å²) in [6.07, 6.45) is 2.83. The number of carbonyl (C=O) groups is 1. The lowest BCUT2D eigenvalue weighted by Gasteiger charge is -2.44. The average Bonchev–Trinajstić information content (AvgIpc) is 2.67. The predicted molar refractivity (Wildman–Crippen MR) is 96.3 cm³/mol. The Morgan fingerprint density at radius 3 is 2.58 bits per heavy atom. The molecule has 0 radical (unpaired) electrons. The van der Waals surface area contributed by atoms with Crippen molar-refractivity contribution in [2.45, 2.75) is 25.3 Å². The summed E-state index contributed by atoms with van der Waals surface area (Å²) in [6, 6.07) is 11.2. The van der Waals surface area contributed by atoms with E-state index in [1.165, 1.54) is 12.1 Å². The zero-order valence-corrected chi connectivity index (χ0v) is 14.7. The first-order chi connectivity index (χ1) is 11.8. The van der Waals surface area contributed by atoms with Crippen LogP contribution in [0.25, 0.3) is 0 Å². The topological polar surface area (TPSA) is 36.0 Å². The molecule has 0 saturated carbocycles. The number of amides is 1. The quantitative estimate of drug-likeness (QED) is 0.825. The molecule has 3 rings (SSSR count). The normalized spacial score (nSPS) is 22.6. The smallest absolute Gasteiger partial charge is 0.224 e. The molecule has 2 fully saturated rings. The van der Waals surface area contributed by atoms with Crippen molar-refractivity contribution in [2.24, 2.45) is 0 Å². The van der Waals surface area contributed by atoms with Gasteiger partial charge in [-0.25, -0.2) is 0 Å². The zero-order chi connectivity index (χ0) is 16.8. The lowest BCUT2D eigenvalue weighted by Crippen LogP contribution is -2.56. The molecule has 2 heterocycles. The minimum Gasteiger partial charge on any atom is -0.384 e. The molecular formula is C19H29N3O2. The Morgan fingerprint density at radius 2 is 1.88 bits per heavy atom. The molecule has 2 saturated heterocycles. The van der Waals surface area contributed by atoms with Gasteiger partial charge in [0.25, 0.3) is 0 Å². The Bertz CT molecular complexity index is 515. The highest BCUT2D eigenvalue weighted by atomic mass is 16.5.